The summed E-state index contributed by atoms with van der Waals surface area (Å²) in [5.74, 6) is 0. The first-order chi connectivity index (χ1) is 21.7. The Morgan fingerprint density at radius 1 is 0.511 bits per heavy atom. The van der Waals surface area contributed by atoms with E-state index in [9.17, 15) is 22.4 Å². The molecular weight excluding hydrogens is 601 g/mol. The van der Waals surface area contributed by atoms with Crippen LogP contribution in [0.5, 0.6) is 0 Å². The number of fused-ring (bicyclic) bond motifs is 2. The van der Waals surface area contributed by atoms with Crippen LogP contribution in [-0.4, -0.2) is 26.0 Å². The normalized spacial score (nSPS) is 12.0. The maximum absolute atomic E-state index is 13.6. The highest BCUT2D eigenvalue weighted by atomic mass is 32.3. The van der Waals surface area contributed by atoms with Crippen molar-refractivity contribution in [1.29, 1.82) is 0 Å². The Bertz CT molecular complexity index is 1740. The largest absolute Gasteiger partial charge is 0.504 e. The molecule has 0 radical (unpaired) electrons. The summed E-state index contributed by atoms with van der Waals surface area (Å²) in [5.41, 5.74) is 12.1. The van der Waals surface area contributed by atoms with Gasteiger partial charge in [-0.1, -0.05) is 127 Å². The first kappa shape index (κ1) is 34.6. The van der Waals surface area contributed by atoms with Crippen molar-refractivity contribution < 1.29 is 21.6 Å². The number of unbranched alkanes of at least 4 members (excludes halogenated alkanes) is 10. The highest BCUT2D eigenvalue weighted by molar-refractivity contribution is 8.31. The minimum absolute atomic E-state index is 0.241. The summed E-state index contributed by atoms with van der Waals surface area (Å²) in [6.07, 6.45) is 16.5. The van der Waals surface area contributed by atoms with Gasteiger partial charge in [-0.3, -0.25) is 0 Å². The van der Waals surface area contributed by atoms with Gasteiger partial charge in [-0.2, -0.15) is 0 Å². The van der Waals surface area contributed by atoms with Crippen LogP contribution in [0.3, 0.4) is 0 Å². The van der Waals surface area contributed by atoms with E-state index in [0.29, 0.717) is 10.8 Å². The topological polar surface area (TPSA) is 105 Å². The van der Waals surface area contributed by atoms with Gasteiger partial charge in [0.1, 0.15) is 0 Å². The molecule has 0 saturated heterocycles. The molecular formula is C37H46N2O4S2. The highest BCUT2D eigenvalue weighted by Gasteiger charge is 2.44. The maximum Gasteiger partial charge on any atom is 0.504 e. The summed E-state index contributed by atoms with van der Waals surface area (Å²) in [5, 5.41) is 3.07. The van der Waals surface area contributed by atoms with Crippen molar-refractivity contribution in [3.8, 4) is 0 Å². The number of nitrogens with zero attached hydrogens (tertiary/aromatic N) is 2. The molecule has 0 heterocycles. The molecule has 6 nitrogen and oxygen atoms in total. The second kappa shape index (κ2) is 16.3. The minimum Gasteiger partial charge on any atom is -0.359 e. The number of hydrogen-bond donors (Lipinski definition) is 0. The van der Waals surface area contributed by atoms with E-state index in [-0.39, 0.29) is 9.79 Å². The predicted molar refractivity (Wildman–Crippen MR) is 185 cm³/mol. The van der Waals surface area contributed by atoms with Gasteiger partial charge >= 0.3 is 4.38 Å². The third-order valence-electron chi connectivity index (χ3n) is 8.55. The van der Waals surface area contributed by atoms with Crippen LogP contribution in [0.15, 0.2) is 82.6 Å². The van der Waals surface area contributed by atoms with Gasteiger partial charge in [-0.15, -0.1) is 4.79 Å². The molecule has 4 rings (SSSR count). The molecule has 0 aliphatic heterocycles. The number of benzene rings is 4. The molecule has 0 aliphatic rings. The van der Waals surface area contributed by atoms with Crippen molar-refractivity contribution in [2.24, 2.45) is 0 Å². The fourth-order valence-corrected chi connectivity index (χ4v) is 9.27. The Balaban J connectivity index is 1.49. The Hall–Kier alpha value is -3.32. The van der Waals surface area contributed by atoms with E-state index < -0.39 is 24.1 Å². The van der Waals surface area contributed by atoms with Crippen LogP contribution in [0.1, 0.15) is 102 Å². The Kier molecular flexibility index (Phi) is 12.5. The molecule has 0 fully saturated rings. The Morgan fingerprint density at radius 2 is 0.867 bits per heavy atom. The lowest BCUT2D eigenvalue weighted by molar-refractivity contribution is 0.00380. The van der Waals surface area contributed by atoms with Gasteiger partial charge in [0, 0.05) is 0 Å². The lowest BCUT2D eigenvalue weighted by Gasteiger charge is -2.08. The third-order valence-corrected chi connectivity index (χ3v) is 12.7. The average molecular weight is 647 g/mol. The van der Waals surface area contributed by atoms with Crippen LogP contribution in [-0.2, 0) is 32.5 Å². The lowest BCUT2D eigenvalue weighted by Crippen LogP contribution is -2.26. The molecule has 0 saturated carbocycles. The summed E-state index contributed by atoms with van der Waals surface area (Å²) in [6, 6.07) is 20.7. The Morgan fingerprint density at radius 3 is 1.27 bits per heavy atom. The third kappa shape index (κ3) is 8.90. The van der Waals surface area contributed by atoms with E-state index in [1.54, 1.807) is 12.1 Å². The second-order valence-corrected chi connectivity index (χ2v) is 16.1. The van der Waals surface area contributed by atoms with E-state index in [4.69, 9.17) is 0 Å². The molecule has 45 heavy (non-hydrogen) atoms. The lowest BCUT2D eigenvalue weighted by atomic mass is 10.0. The predicted octanol–water partition coefficient (Wildman–Crippen LogP) is 9.63. The SMILES string of the molecule is CCCCCCCCc1ccc2cc(S(=O)(=O)C(=[N+]=[N-])S(=O)(=O)c3ccc4cc(CCCCCCCC)ccc4c3)ccc2c1. The van der Waals surface area contributed by atoms with Gasteiger partial charge in [0.25, 0.3) is 19.7 Å². The Labute approximate surface area is 269 Å². The summed E-state index contributed by atoms with van der Waals surface area (Å²) < 4.78 is 53.0. The fraction of sp³-hybridized carbons (Fsp3) is 0.432. The molecule has 0 amide bonds. The van der Waals surface area contributed by atoms with Crippen LogP contribution in [0.4, 0.5) is 0 Å². The smallest absolute Gasteiger partial charge is 0.359 e. The van der Waals surface area contributed by atoms with E-state index >= 15 is 0 Å². The van der Waals surface area contributed by atoms with Crippen molar-refractivity contribution >= 4 is 45.6 Å². The van der Waals surface area contributed by atoms with E-state index in [2.05, 4.69) is 18.6 Å². The number of sulfone groups is 2. The van der Waals surface area contributed by atoms with Crippen LogP contribution in [0.25, 0.3) is 27.1 Å². The highest BCUT2D eigenvalue weighted by Crippen LogP contribution is 2.28. The molecule has 0 atom stereocenters. The van der Waals surface area contributed by atoms with Gasteiger partial charge in [0.05, 0.1) is 9.79 Å². The van der Waals surface area contributed by atoms with E-state index in [1.807, 2.05) is 36.4 Å². The quantitative estimate of drug-likeness (QED) is 0.0397. The maximum atomic E-state index is 13.6. The molecule has 0 N–H and O–H groups in total. The zero-order valence-corrected chi connectivity index (χ0v) is 28.3. The van der Waals surface area contributed by atoms with Crippen molar-refractivity contribution in [1.82, 2.24) is 0 Å². The van der Waals surface area contributed by atoms with Gasteiger partial charge in [-0.25, -0.2) is 16.8 Å². The van der Waals surface area contributed by atoms with Gasteiger partial charge in [0.2, 0.25) is 0 Å². The molecule has 0 spiro atoms. The van der Waals surface area contributed by atoms with Gasteiger partial charge in [0.15, 0.2) is 0 Å². The second-order valence-electron chi connectivity index (χ2n) is 12.1. The molecule has 0 aliphatic carbocycles. The monoisotopic (exact) mass is 646 g/mol. The van der Waals surface area contributed by atoms with Crippen LogP contribution < -0.4 is 0 Å². The van der Waals surface area contributed by atoms with E-state index in [0.717, 1.165) is 36.5 Å². The standard InChI is InChI=1S/C37H46N2O4S2/c1-3-5-7-9-11-13-15-29-17-19-33-27-35(23-21-31(33)25-29)44(40,41)37(39-38)45(42,43)36-24-22-32-26-30(18-20-34(32)28-36)16-14-12-10-8-6-4-2/h17-28H,3-16H2,1-2H3. The van der Waals surface area contributed by atoms with Gasteiger partial charge in [-0.05, 0) is 82.6 Å². The fourth-order valence-electron chi connectivity index (χ4n) is 5.86. The minimum atomic E-state index is -4.65. The molecule has 4 aromatic carbocycles. The van der Waals surface area contributed by atoms with Crippen LogP contribution in [0, 0.1) is 0 Å². The van der Waals surface area contributed by atoms with E-state index in [1.165, 1.54) is 99.6 Å². The molecule has 8 heteroatoms. The average Bonchev–Trinajstić information content (AvgIpc) is 3.03. The first-order valence-electron chi connectivity index (χ1n) is 16.5. The molecule has 0 aromatic heterocycles. The zero-order chi connectivity index (χ0) is 32.3. The zero-order valence-electron chi connectivity index (χ0n) is 26.7. The van der Waals surface area contributed by atoms with Crippen molar-refractivity contribution in [3.63, 3.8) is 0 Å². The number of aryl methyl sites for hydroxylation is 2. The molecule has 240 valence electrons. The summed E-state index contributed by atoms with van der Waals surface area (Å²) in [7, 11) is -9.30. The van der Waals surface area contributed by atoms with Crippen molar-refractivity contribution in [3.05, 3.63) is 89.5 Å². The first-order valence-corrected chi connectivity index (χ1v) is 19.4. The number of hydrogen-bond acceptors (Lipinski definition) is 4. The molecule has 0 unspecified atom stereocenters. The van der Waals surface area contributed by atoms with Crippen molar-refractivity contribution in [2.45, 2.75) is 114 Å². The summed E-state index contributed by atoms with van der Waals surface area (Å²) >= 11 is 0. The number of rotatable bonds is 16. The molecule has 4 aromatic rings. The summed E-state index contributed by atoms with van der Waals surface area (Å²) in [6.45, 7) is 4.41. The van der Waals surface area contributed by atoms with Crippen LogP contribution >= 0.6 is 0 Å². The van der Waals surface area contributed by atoms with Crippen LogP contribution in [0.2, 0.25) is 0 Å². The summed E-state index contributed by atoms with van der Waals surface area (Å²) in [4.78, 5) is 2.35. The molecule has 0 bridgehead atoms. The van der Waals surface area contributed by atoms with Gasteiger partial charge < -0.3 is 5.53 Å². The van der Waals surface area contributed by atoms with Crippen molar-refractivity contribution in [2.75, 3.05) is 0 Å².